The van der Waals surface area contributed by atoms with E-state index in [1.807, 2.05) is 0 Å². The lowest BCUT2D eigenvalue weighted by Crippen LogP contribution is -2.14. The third kappa shape index (κ3) is 3.45. The molecule has 0 aliphatic heterocycles. The van der Waals surface area contributed by atoms with Gasteiger partial charge in [0.2, 0.25) is 0 Å². The zero-order chi connectivity index (χ0) is 9.07. The van der Waals surface area contributed by atoms with Gasteiger partial charge in [0.1, 0.15) is 0 Å². The molecule has 0 rings (SSSR count). The van der Waals surface area contributed by atoms with Crippen LogP contribution in [0.3, 0.4) is 0 Å². The average Bonchev–Trinajstić information content (AvgIpc) is 1.86. The fourth-order valence-corrected chi connectivity index (χ4v) is 0.841. The molecule has 0 bridgehead atoms. The molecule has 1 heteroatoms. The van der Waals surface area contributed by atoms with Crippen molar-refractivity contribution < 1.29 is 0 Å². The molecule has 0 fully saturated rings. The van der Waals surface area contributed by atoms with E-state index in [1.165, 1.54) is 12.0 Å². The van der Waals surface area contributed by atoms with Gasteiger partial charge in [0.25, 0.3) is 0 Å². The van der Waals surface area contributed by atoms with Gasteiger partial charge in [0.15, 0.2) is 0 Å². The molecule has 0 aliphatic rings. The summed E-state index contributed by atoms with van der Waals surface area (Å²) in [6.07, 6.45) is 3.40. The van der Waals surface area contributed by atoms with Crippen LogP contribution in [0, 0.1) is 5.41 Å². The zero-order valence-corrected chi connectivity index (χ0v) is 8.73. The van der Waals surface area contributed by atoms with E-state index in [1.54, 1.807) is 0 Å². The molecule has 0 saturated heterocycles. The standard InChI is InChI=1S/C10H21N/c1-7-10(3,4)9(2)8-11(5)6/h8H,7H2,1-6H3/b9-8+. The summed E-state index contributed by atoms with van der Waals surface area (Å²) >= 11 is 0. The van der Waals surface area contributed by atoms with Gasteiger partial charge in [0.05, 0.1) is 0 Å². The van der Waals surface area contributed by atoms with Crippen molar-refractivity contribution in [2.45, 2.75) is 34.1 Å². The van der Waals surface area contributed by atoms with Crippen molar-refractivity contribution in [3.05, 3.63) is 11.8 Å². The minimum atomic E-state index is 0.351. The fraction of sp³-hybridized carbons (Fsp3) is 0.800. The molecule has 0 spiro atoms. The summed E-state index contributed by atoms with van der Waals surface area (Å²) in [5, 5.41) is 0. The van der Waals surface area contributed by atoms with Crippen LogP contribution in [0.25, 0.3) is 0 Å². The number of allylic oxidation sites excluding steroid dienone is 1. The molecule has 0 atom stereocenters. The molecule has 1 nitrogen and oxygen atoms in total. The van der Waals surface area contributed by atoms with E-state index in [0.717, 1.165) is 0 Å². The second kappa shape index (κ2) is 3.80. The number of hydrogen-bond acceptors (Lipinski definition) is 1. The monoisotopic (exact) mass is 155 g/mol. The van der Waals surface area contributed by atoms with E-state index >= 15 is 0 Å². The van der Waals surface area contributed by atoms with Crippen LogP contribution < -0.4 is 0 Å². The van der Waals surface area contributed by atoms with Gasteiger partial charge in [-0.2, -0.15) is 0 Å². The van der Waals surface area contributed by atoms with Gasteiger partial charge in [-0.25, -0.2) is 0 Å². The largest absolute Gasteiger partial charge is 0.384 e. The topological polar surface area (TPSA) is 3.24 Å². The summed E-state index contributed by atoms with van der Waals surface area (Å²) in [7, 11) is 4.13. The third-order valence-corrected chi connectivity index (χ3v) is 2.40. The summed E-state index contributed by atoms with van der Waals surface area (Å²) in [4.78, 5) is 2.10. The van der Waals surface area contributed by atoms with Crippen LogP contribution in [-0.4, -0.2) is 19.0 Å². The minimum absolute atomic E-state index is 0.351. The zero-order valence-electron chi connectivity index (χ0n) is 8.73. The molecule has 0 aliphatic carbocycles. The molecule has 0 amide bonds. The van der Waals surface area contributed by atoms with Crippen LogP contribution in [0.15, 0.2) is 11.8 Å². The van der Waals surface area contributed by atoms with Gasteiger partial charge >= 0.3 is 0 Å². The minimum Gasteiger partial charge on any atom is -0.384 e. The van der Waals surface area contributed by atoms with Crippen molar-refractivity contribution in [3.8, 4) is 0 Å². The first-order valence-corrected chi connectivity index (χ1v) is 4.25. The molecule has 66 valence electrons. The van der Waals surface area contributed by atoms with Gasteiger partial charge in [-0.15, -0.1) is 0 Å². The van der Waals surface area contributed by atoms with Crippen molar-refractivity contribution in [1.29, 1.82) is 0 Å². The Morgan fingerprint density at radius 2 is 1.82 bits per heavy atom. The van der Waals surface area contributed by atoms with Crippen molar-refractivity contribution in [2.24, 2.45) is 5.41 Å². The Morgan fingerprint density at radius 1 is 1.36 bits per heavy atom. The Kier molecular flexibility index (Phi) is 3.64. The average molecular weight is 155 g/mol. The van der Waals surface area contributed by atoms with E-state index in [4.69, 9.17) is 0 Å². The molecule has 0 aromatic carbocycles. The highest BCUT2D eigenvalue weighted by atomic mass is 15.0. The second-order valence-electron chi connectivity index (χ2n) is 4.01. The van der Waals surface area contributed by atoms with Gasteiger partial charge < -0.3 is 4.90 Å². The van der Waals surface area contributed by atoms with Crippen LogP contribution in [0.4, 0.5) is 0 Å². The molecule has 0 heterocycles. The van der Waals surface area contributed by atoms with Crippen molar-refractivity contribution in [2.75, 3.05) is 14.1 Å². The number of rotatable bonds is 3. The van der Waals surface area contributed by atoms with Crippen LogP contribution in [-0.2, 0) is 0 Å². The van der Waals surface area contributed by atoms with E-state index in [2.05, 4.69) is 52.9 Å². The third-order valence-electron chi connectivity index (χ3n) is 2.40. The molecular weight excluding hydrogens is 134 g/mol. The van der Waals surface area contributed by atoms with Gasteiger partial charge in [-0.3, -0.25) is 0 Å². The first-order chi connectivity index (χ1) is 4.90. The highest BCUT2D eigenvalue weighted by Crippen LogP contribution is 2.29. The lowest BCUT2D eigenvalue weighted by Gasteiger charge is -2.25. The van der Waals surface area contributed by atoms with Crippen LogP contribution in [0.2, 0.25) is 0 Å². The van der Waals surface area contributed by atoms with Crippen LogP contribution in [0.5, 0.6) is 0 Å². The first-order valence-electron chi connectivity index (χ1n) is 4.25. The van der Waals surface area contributed by atoms with Crippen molar-refractivity contribution in [1.82, 2.24) is 4.90 Å². The van der Waals surface area contributed by atoms with Gasteiger partial charge in [-0.05, 0) is 25.0 Å². The quantitative estimate of drug-likeness (QED) is 0.605. The molecule has 0 N–H and O–H groups in total. The van der Waals surface area contributed by atoms with E-state index in [-0.39, 0.29) is 0 Å². The summed E-state index contributed by atoms with van der Waals surface area (Å²) in [5.74, 6) is 0. The Hall–Kier alpha value is -0.460. The van der Waals surface area contributed by atoms with Gasteiger partial charge in [-0.1, -0.05) is 26.3 Å². The maximum atomic E-state index is 2.28. The van der Waals surface area contributed by atoms with Gasteiger partial charge in [0, 0.05) is 14.1 Å². The van der Waals surface area contributed by atoms with E-state index < -0.39 is 0 Å². The van der Waals surface area contributed by atoms with E-state index in [0.29, 0.717) is 5.41 Å². The maximum absolute atomic E-state index is 2.28. The summed E-state index contributed by atoms with van der Waals surface area (Å²) in [6, 6.07) is 0. The highest BCUT2D eigenvalue weighted by molar-refractivity contribution is 5.07. The first kappa shape index (κ1) is 10.5. The Balaban J connectivity index is 4.33. The lowest BCUT2D eigenvalue weighted by molar-refractivity contribution is 0.414. The normalized spacial score (nSPS) is 13.5. The predicted molar refractivity (Wildman–Crippen MR) is 51.5 cm³/mol. The molecule has 0 unspecified atom stereocenters. The SMILES string of the molecule is CCC(C)(C)/C(C)=C/N(C)C. The van der Waals surface area contributed by atoms with E-state index in [9.17, 15) is 0 Å². The summed E-state index contributed by atoms with van der Waals surface area (Å²) in [5.41, 5.74) is 1.80. The Morgan fingerprint density at radius 3 is 2.09 bits per heavy atom. The summed E-state index contributed by atoms with van der Waals surface area (Å²) in [6.45, 7) is 8.99. The number of hydrogen-bond donors (Lipinski definition) is 0. The molecule has 0 aromatic heterocycles. The van der Waals surface area contributed by atoms with Crippen LogP contribution >= 0.6 is 0 Å². The lowest BCUT2D eigenvalue weighted by atomic mass is 9.83. The Bertz CT molecular complexity index is 143. The molecule has 0 radical (unpaired) electrons. The molecular formula is C10H21N. The fourth-order valence-electron chi connectivity index (χ4n) is 0.841. The van der Waals surface area contributed by atoms with Crippen LogP contribution in [0.1, 0.15) is 34.1 Å². The molecule has 0 saturated carbocycles. The molecule has 11 heavy (non-hydrogen) atoms. The number of nitrogens with zero attached hydrogens (tertiary/aromatic N) is 1. The highest BCUT2D eigenvalue weighted by Gasteiger charge is 2.16. The summed E-state index contributed by atoms with van der Waals surface area (Å²) < 4.78 is 0. The smallest absolute Gasteiger partial charge is 0.00556 e. The van der Waals surface area contributed by atoms with Crippen molar-refractivity contribution in [3.63, 3.8) is 0 Å². The Labute approximate surface area is 71.1 Å². The predicted octanol–water partition coefficient (Wildman–Crippen LogP) is 2.89. The maximum Gasteiger partial charge on any atom is 0.00556 e. The second-order valence-corrected chi connectivity index (χ2v) is 4.01. The molecule has 0 aromatic rings. The van der Waals surface area contributed by atoms with Crippen molar-refractivity contribution >= 4 is 0 Å².